The van der Waals surface area contributed by atoms with Crippen LogP contribution < -0.4 is 5.73 Å². The lowest BCUT2D eigenvalue weighted by Gasteiger charge is -2.11. The van der Waals surface area contributed by atoms with Gasteiger partial charge in [-0.15, -0.1) is 0 Å². The lowest BCUT2D eigenvalue weighted by atomic mass is 10.0. The zero-order valence-electron chi connectivity index (χ0n) is 5.60. The fourth-order valence-corrected chi connectivity index (χ4v) is 0.537. The van der Waals surface area contributed by atoms with E-state index in [9.17, 15) is 9.59 Å². The molecule has 0 aromatic heterocycles. The summed E-state index contributed by atoms with van der Waals surface area (Å²) in [4.78, 5) is 20.2. The molecule has 0 heterocycles. The van der Waals surface area contributed by atoms with Crippen LogP contribution in [0.5, 0.6) is 0 Å². The summed E-state index contributed by atoms with van der Waals surface area (Å²) in [6, 6.07) is 0. The van der Waals surface area contributed by atoms with Crippen LogP contribution >= 0.6 is 0 Å². The van der Waals surface area contributed by atoms with Crippen LogP contribution in [0.2, 0.25) is 0 Å². The maximum atomic E-state index is 10.2. The number of aliphatic hydroxyl groups excluding tert-OH is 1. The minimum Gasteiger partial charge on any atom is -0.481 e. The third kappa shape index (κ3) is 2.52. The van der Waals surface area contributed by atoms with E-state index in [0.717, 1.165) is 0 Å². The Morgan fingerprint density at radius 1 is 1.27 bits per heavy atom. The maximum Gasteiger partial charge on any atom is 0.333 e. The van der Waals surface area contributed by atoms with E-state index in [-0.39, 0.29) is 0 Å². The highest BCUT2D eigenvalue weighted by atomic mass is 16.4. The van der Waals surface area contributed by atoms with Gasteiger partial charge < -0.3 is 21.1 Å². The van der Waals surface area contributed by atoms with Crippen molar-refractivity contribution in [2.24, 2.45) is 11.7 Å². The smallest absolute Gasteiger partial charge is 0.333 e. The summed E-state index contributed by atoms with van der Waals surface area (Å²) in [5, 5.41) is 25.1. The molecule has 0 fully saturated rings. The number of hydrogen-bond acceptors (Lipinski definition) is 4. The molecule has 11 heavy (non-hydrogen) atoms. The van der Waals surface area contributed by atoms with Crippen molar-refractivity contribution in [1.29, 1.82) is 0 Å². The maximum absolute atomic E-state index is 10.2. The molecule has 0 aliphatic carbocycles. The van der Waals surface area contributed by atoms with Crippen LogP contribution in [0, 0.1) is 5.92 Å². The monoisotopic (exact) mass is 163 g/mol. The second kappa shape index (κ2) is 3.89. The summed E-state index contributed by atoms with van der Waals surface area (Å²) in [6.45, 7) is -0.400. The lowest BCUT2D eigenvalue weighted by molar-refractivity contribution is -0.158. The number of carbonyl (C=O) groups is 2. The zero-order chi connectivity index (χ0) is 9.02. The molecule has 0 spiro atoms. The van der Waals surface area contributed by atoms with Crippen LogP contribution in [0.4, 0.5) is 0 Å². The molecular formula is C5H9NO5. The molecule has 6 heteroatoms. The quantitative estimate of drug-likeness (QED) is 0.383. The Kier molecular flexibility index (Phi) is 3.49. The number of carboxylic acids is 2. The molecule has 0 bridgehead atoms. The van der Waals surface area contributed by atoms with Crippen LogP contribution in [0.1, 0.15) is 0 Å². The molecule has 5 N–H and O–H groups in total. The number of rotatable bonds is 4. The van der Waals surface area contributed by atoms with Gasteiger partial charge in [-0.3, -0.25) is 4.79 Å². The third-order valence-corrected chi connectivity index (χ3v) is 1.21. The summed E-state index contributed by atoms with van der Waals surface area (Å²) in [5.41, 5.74) is 4.91. The van der Waals surface area contributed by atoms with Gasteiger partial charge in [0, 0.05) is 6.54 Å². The van der Waals surface area contributed by atoms with Crippen molar-refractivity contribution in [3.8, 4) is 0 Å². The first-order valence-corrected chi connectivity index (χ1v) is 2.84. The van der Waals surface area contributed by atoms with Gasteiger partial charge in [-0.2, -0.15) is 0 Å². The highest BCUT2D eigenvalue weighted by Gasteiger charge is 2.30. The number of hydrogen-bond donors (Lipinski definition) is 4. The Bertz CT molecular complexity index is 168. The predicted octanol–water partition coefficient (Wildman–Crippen LogP) is -1.91. The van der Waals surface area contributed by atoms with Gasteiger partial charge in [0.2, 0.25) is 0 Å². The summed E-state index contributed by atoms with van der Waals surface area (Å²) in [6.07, 6.45) is -1.93. The Hall–Kier alpha value is -1.14. The highest BCUT2D eigenvalue weighted by molar-refractivity contribution is 5.81. The standard InChI is InChI=1S/C5H9NO5/c6-1-2(4(8)9)3(7)5(10)11/h2-3,7H,1,6H2,(H,8,9)(H,10,11)/t2-,3-/m1/s1. The van der Waals surface area contributed by atoms with Crippen LogP contribution in [0.25, 0.3) is 0 Å². The number of carboxylic acid groups (broad SMARTS) is 2. The Morgan fingerprint density at radius 3 is 1.82 bits per heavy atom. The molecule has 0 unspecified atom stereocenters. The Labute approximate surface area is 62.2 Å². The van der Waals surface area contributed by atoms with Crippen molar-refractivity contribution >= 4 is 11.9 Å². The van der Waals surface area contributed by atoms with Gasteiger partial charge in [0.15, 0.2) is 6.10 Å². The van der Waals surface area contributed by atoms with Crippen molar-refractivity contribution in [1.82, 2.24) is 0 Å². The third-order valence-electron chi connectivity index (χ3n) is 1.21. The first kappa shape index (κ1) is 9.86. The van der Waals surface area contributed by atoms with Crippen molar-refractivity contribution in [3.63, 3.8) is 0 Å². The summed E-state index contributed by atoms with van der Waals surface area (Å²) >= 11 is 0. The molecule has 0 aromatic carbocycles. The van der Waals surface area contributed by atoms with Gasteiger partial charge in [-0.05, 0) is 0 Å². The van der Waals surface area contributed by atoms with Gasteiger partial charge in [0.1, 0.15) is 5.92 Å². The van der Waals surface area contributed by atoms with Gasteiger partial charge in [-0.1, -0.05) is 0 Å². The van der Waals surface area contributed by atoms with E-state index in [2.05, 4.69) is 0 Å². The zero-order valence-corrected chi connectivity index (χ0v) is 5.60. The molecule has 0 aliphatic rings. The average Bonchev–Trinajstić information content (AvgIpc) is 1.88. The Balaban J connectivity index is 4.25. The molecule has 0 radical (unpaired) electrons. The van der Waals surface area contributed by atoms with E-state index in [4.69, 9.17) is 21.1 Å². The van der Waals surface area contributed by atoms with Crippen LogP contribution in [-0.2, 0) is 9.59 Å². The molecule has 0 saturated heterocycles. The van der Waals surface area contributed by atoms with Gasteiger partial charge in [-0.25, -0.2) is 4.79 Å². The number of aliphatic hydroxyl groups is 1. The molecular weight excluding hydrogens is 154 g/mol. The second-order valence-corrected chi connectivity index (χ2v) is 1.96. The van der Waals surface area contributed by atoms with Gasteiger partial charge >= 0.3 is 11.9 Å². The molecule has 0 amide bonds. The van der Waals surface area contributed by atoms with E-state index in [0.29, 0.717) is 0 Å². The van der Waals surface area contributed by atoms with Crippen molar-refractivity contribution in [2.45, 2.75) is 6.10 Å². The first-order chi connectivity index (χ1) is 5.00. The van der Waals surface area contributed by atoms with Crippen LogP contribution in [0.3, 0.4) is 0 Å². The summed E-state index contributed by atoms with van der Waals surface area (Å²) < 4.78 is 0. The van der Waals surface area contributed by atoms with Crippen LogP contribution in [0.15, 0.2) is 0 Å². The van der Waals surface area contributed by atoms with Gasteiger partial charge in [0.25, 0.3) is 0 Å². The number of nitrogens with two attached hydrogens (primary N) is 1. The molecule has 0 saturated carbocycles. The van der Waals surface area contributed by atoms with E-state index >= 15 is 0 Å². The fourth-order valence-electron chi connectivity index (χ4n) is 0.537. The molecule has 0 aliphatic heterocycles. The van der Waals surface area contributed by atoms with Crippen molar-refractivity contribution in [3.05, 3.63) is 0 Å². The lowest BCUT2D eigenvalue weighted by Crippen LogP contribution is -2.39. The molecule has 6 nitrogen and oxygen atoms in total. The second-order valence-electron chi connectivity index (χ2n) is 1.96. The summed E-state index contributed by atoms with van der Waals surface area (Å²) in [5.74, 6) is -4.43. The minimum absolute atomic E-state index is 0.400. The Morgan fingerprint density at radius 2 is 1.73 bits per heavy atom. The van der Waals surface area contributed by atoms with E-state index in [1.54, 1.807) is 0 Å². The topological polar surface area (TPSA) is 121 Å². The molecule has 0 aromatic rings. The van der Waals surface area contributed by atoms with Crippen LogP contribution in [-0.4, -0.2) is 39.9 Å². The fraction of sp³-hybridized carbons (Fsp3) is 0.600. The highest BCUT2D eigenvalue weighted by Crippen LogP contribution is 2.01. The largest absolute Gasteiger partial charge is 0.481 e. The first-order valence-electron chi connectivity index (χ1n) is 2.84. The molecule has 2 atom stereocenters. The van der Waals surface area contributed by atoms with E-state index < -0.39 is 30.5 Å². The van der Waals surface area contributed by atoms with Crippen molar-refractivity contribution < 1.29 is 24.9 Å². The summed E-state index contributed by atoms with van der Waals surface area (Å²) in [7, 11) is 0. The average molecular weight is 163 g/mol. The van der Waals surface area contributed by atoms with Crippen molar-refractivity contribution in [2.75, 3.05) is 6.54 Å². The van der Waals surface area contributed by atoms with E-state index in [1.807, 2.05) is 0 Å². The predicted molar refractivity (Wildman–Crippen MR) is 33.8 cm³/mol. The van der Waals surface area contributed by atoms with Gasteiger partial charge in [0.05, 0.1) is 0 Å². The normalized spacial score (nSPS) is 15.5. The SMILES string of the molecule is NC[C@@H](C(=O)O)[C@@H](O)C(=O)O. The molecule has 0 rings (SSSR count). The molecule has 64 valence electrons. The minimum atomic E-state index is -1.93. The van der Waals surface area contributed by atoms with E-state index in [1.165, 1.54) is 0 Å². The number of aliphatic carboxylic acids is 2.